The van der Waals surface area contributed by atoms with Crippen molar-refractivity contribution in [1.29, 1.82) is 0 Å². The molecule has 0 spiro atoms. The Kier molecular flexibility index (Phi) is 8.40. The fourth-order valence-corrected chi connectivity index (χ4v) is 4.29. The third-order valence-corrected chi connectivity index (χ3v) is 6.30. The molecule has 1 aliphatic heterocycles. The number of morpholine rings is 1. The second kappa shape index (κ2) is 11.9. The van der Waals surface area contributed by atoms with Crippen molar-refractivity contribution >= 4 is 34.0 Å². The van der Waals surface area contributed by atoms with Crippen LogP contribution in [0.1, 0.15) is 5.56 Å². The molecular weight excluding hydrogens is 456 g/mol. The molecule has 4 rings (SSSR count). The monoisotopic (exact) mass is 490 g/mol. The molecular formula is C28H34N4O4. The van der Waals surface area contributed by atoms with Crippen LogP contribution in [0.15, 0.2) is 60.7 Å². The Morgan fingerprint density at radius 2 is 1.64 bits per heavy atom. The van der Waals surface area contributed by atoms with Gasteiger partial charge in [-0.2, -0.15) is 0 Å². The minimum absolute atomic E-state index is 0.0463. The number of likely N-dealkylation sites (N-methyl/N-ethyl adjacent to an activating group) is 2. The lowest BCUT2D eigenvalue weighted by atomic mass is 10.1. The standard InChI is InChI=1S/C28H34N4O4/c1-30(19-27(33)29-24-7-9-25(10-8-24)32-12-14-36-15-13-32)20-28(34)31(2)18-21-4-5-23-17-26(35-3)11-6-22(23)16-21/h4-11,16-17H,12-15,18-20H2,1-3H3,(H,29,33). The van der Waals surface area contributed by atoms with Gasteiger partial charge in [0.2, 0.25) is 11.8 Å². The average Bonchev–Trinajstić information content (AvgIpc) is 2.89. The van der Waals surface area contributed by atoms with Crippen LogP contribution in [-0.4, -0.2) is 82.2 Å². The van der Waals surface area contributed by atoms with Crippen molar-refractivity contribution in [3.05, 3.63) is 66.2 Å². The number of carbonyl (C=O) groups excluding carboxylic acids is 2. The van der Waals surface area contributed by atoms with Crippen LogP contribution in [-0.2, 0) is 20.9 Å². The quantitative estimate of drug-likeness (QED) is 0.497. The van der Waals surface area contributed by atoms with Gasteiger partial charge in [-0.05, 0) is 65.8 Å². The first kappa shape index (κ1) is 25.5. The van der Waals surface area contributed by atoms with Crippen LogP contribution in [0.5, 0.6) is 5.75 Å². The van der Waals surface area contributed by atoms with Crippen LogP contribution in [0, 0.1) is 0 Å². The van der Waals surface area contributed by atoms with Crippen molar-refractivity contribution in [1.82, 2.24) is 9.80 Å². The Balaban J connectivity index is 1.24. The first-order valence-corrected chi connectivity index (χ1v) is 12.1. The molecule has 0 aliphatic carbocycles. The summed E-state index contributed by atoms with van der Waals surface area (Å²) in [4.78, 5) is 30.9. The summed E-state index contributed by atoms with van der Waals surface area (Å²) in [5.41, 5.74) is 2.90. The highest BCUT2D eigenvalue weighted by molar-refractivity contribution is 5.92. The summed E-state index contributed by atoms with van der Waals surface area (Å²) in [6, 6.07) is 19.9. The maximum Gasteiger partial charge on any atom is 0.238 e. The molecule has 36 heavy (non-hydrogen) atoms. The number of rotatable bonds is 9. The van der Waals surface area contributed by atoms with E-state index in [0.29, 0.717) is 6.54 Å². The van der Waals surface area contributed by atoms with Gasteiger partial charge < -0.3 is 24.6 Å². The van der Waals surface area contributed by atoms with Crippen LogP contribution in [0.4, 0.5) is 11.4 Å². The molecule has 3 aromatic rings. The lowest BCUT2D eigenvalue weighted by Gasteiger charge is -2.28. The van der Waals surface area contributed by atoms with E-state index in [9.17, 15) is 9.59 Å². The number of fused-ring (bicyclic) bond motifs is 1. The van der Waals surface area contributed by atoms with Gasteiger partial charge in [-0.25, -0.2) is 0 Å². The second-order valence-corrected chi connectivity index (χ2v) is 9.16. The van der Waals surface area contributed by atoms with E-state index in [1.54, 1.807) is 31.0 Å². The molecule has 190 valence electrons. The van der Waals surface area contributed by atoms with Crippen molar-refractivity contribution in [2.45, 2.75) is 6.54 Å². The minimum Gasteiger partial charge on any atom is -0.497 e. The van der Waals surface area contributed by atoms with Crippen molar-refractivity contribution in [2.24, 2.45) is 0 Å². The first-order chi connectivity index (χ1) is 17.4. The van der Waals surface area contributed by atoms with Crippen molar-refractivity contribution < 1.29 is 19.1 Å². The zero-order valence-corrected chi connectivity index (χ0v) is 21.2. The lowest BCUT2D eigenvalue weighted by molar-refractivity contribution is -0.131. The molecule has 1 N–H and O–H groups in total. The van der Waals surface area contributed by atoms with Gasteiger partial charge in [0.25, 0.3) is 0 Å². The molecule has 1 aliphatic rings. The Morgan fingerprint density at radius 1 is 0.944 bits per heavy atom. The molecule has 0 bridgehead atoms. The summed E-state index contributed by atoms with van der Waals surface area (Å²) in [6.07, 6.45) is 0. The Bertz CT molecular complexity index is 1190. The lowest BCUT2D eigenvalue weighted by Crippen LogP contribution is -2.39. The van der Waals surface area contributed by atoms with Gasteiger partial charge in [0.15, 0.2) is 0 Å². The normalized spacial score (nSPS) is 13.6. The number of anilines is 2. The Morgan fingerprint density at radius 3 is 2.36 bits per heavy atom. The van der Waals surface area contributed by atoms with E-state index in [1.807, 2.05) is 54.6 Å². The predicted molar refractivity (Wildman–Crippen MR) is 143 cm³/mol. The van der Waals surface area contributed by atoms with Crippen LogP contribution in [0.25, 0.3) is 10.8 Å². The van der Waals surface area contributed by atoms with Gasteiger partial charge in [0.05, 0.1) is 33.4 Å². The molecule has 2 amide bonds. The van der Waals surface area contributed by atoms with Crippen molar-refractivity contribution in [3.8, 4) is 5.75 Å². The minimum atomic E-state index is -0.156. The number of nitrogens with one attached hydrogen (secondary N) is 1. The van der Waals surface area contributed by atoms with Crippen molar-refractivity contribution in [2.75, 3.05) is 70.8 Å². The van der Waals surface area contributed by atoms with Crippen molar-refractivity contribution in [3.63, 3.8) is 0 Å². The summed E-state index contributed by atoms with van der Waals surface area (Å²) in [7, 11) is 5.21. The van der Waals surface area contributed by atoms with E-state index in [4.69, 9.17) is 9.47 Å². The number of hydrogen-bond donors (Lipinski definition) is 1. The Hall–Kier alpha value is -3.62. The van der Waals surface area contributed by atoms with Gasteiger partial charge in [-0.3, -0.25) is 14.5 Å². The van der Waals surface area contributed by atoms with Gasteiger partial charge in [0.1, 0.15) is 5.75 Å². The molecule has 1 saturated heterocycles. The third-order valence-electron chi connectivity index (χ3n) is 6.30. The SMILES string of the molecule is COc1ccc2cc(CN(C)C(=O)CN(C)CC(=O)Nc3ccc(N4CCOCC4)cc3)ccc2c1. The highest BCUT2D eigenvalue weighted by atomic mass is 16.5. The van der Waals surface area contributed by atoms with E-state index in [1.165, 1.54) is 0 Å². The number of hydrogen-bond acceptors (Lipinski definition) is 6. The Labute approximate surface area is 212 Å². The largest absolute Gasteiger partial charge is 0.497 e. The number of carbonyl (C=O) groups is 2. The molecule has 0 radical (unpaired) electrons. The summed E-state index contributed by atoms with van der Waals surface area (Å²) < 4.78 is 10.7. The second-order valence-electron chi connectivity index (χ2n) is 9.16. The molecule has 1 fully saturated rings. The average molecular weight is 491 g/mol. The van der Waals surface area contributed by atoms with Gasteiger partial charge in [-0.1, -0.05) is 18.2 Å². The molecule has 0 unspecified atom stereocenters. The van der Waals surface area contributed by atoms with E-state index in [-0.39, 0.29) is 24.9 Å². The fraction of sp³-hybridized carbons (Fsp3) is 0.357. The summed E-state index contributed by atoms with van der Waals surface area (Å²) in [5.74, 6) is 0.617. The number of ether oxygens (including phenoxy) is 2. The van der Waals surface area contributed by atoms with Crippen LogP contribution in [0.2, 0.25) is 0 Å². The third kappa shape index (κ3) is 6.74. The number of benzene rings is 3. The molecule has 8 heteroatoms. The van der Waals surface area contributed by atoms with Crippen LogP contribution < -0.4 is 15.0 Å². The number of methoxy groups -OCH3 is 1. The van der Waals surface area contributed by atoms with Gasteiger partial charge >= 0.3 is 0 Å². The van der Waals surface area contributed by atoms with Gasteiger partial charge in [0, 0.05) is 38.1 Å². The maximum atomic E-state index is 12.8. The maximum absolute atomic E-state index is 12.8. The highest BCUT2D eigenvalue weighted by Crippen LogP contribution is 2.22. The smallest absolute Gasteiger partial charge is 0.238 e. The molecule has 8 nitrogen and oxygen atoms in total. The first-order valence-electron chi connectivity index (χ1n) is 12.1. The topological polar surface area (TPSA) is 74.4 Å². The summed E-state index contributed by atoms with van der Waals surface area (Å²) in [5, 5.41) is 5.10. The van der Waals surface area contributed by atoms with E-state index in [0.717, 1.165) is 59.8 Å². The molecule has 0 saturated carbocycles. The van der Waals surface area contributed by atoms with Crippen LogP contribution in [0.3, 0.4) is 0 Å². The van der Waals surface area contributed by atoms with E-state index < -0.39 is 0 Å². The zero-order valence-electron chi connectivity index (χ0n) is 21.2. The number of nitrogens with zero attached hydrogens (tertiary/aromatic N) is 3. The van der Waals surface area contributed by atoms with E-state index in [2.05, 4.69) is 16.3 Å². The molecule has 0 atom stereocenters. The predicted octanol–water partition coefficient (Wildman–Crippen LogP) is 3.21. The summed E-state index contributed by atoms with van der Waals surface area (Å²) >= 11 is 0. The van der Waals surface area contributed by atoms with E-state index >= 15 is 0 Å². The molecule has 0 aromatic heterocycles. The van der Waals surface area contributed by atoms with Gasteiger partial charge in [-0.15, -0.1) is 0 Å². The summed E-state index contributed by atoms with van der Waals surface area (Å²) in [6.45, 7) is 3.99. The fourth-order valence-electron chi connectivity index (χ4n) is 4.29. The molecule has 3 aromatic carbocycles. The number of amides is 2. The zero-order chi connectivity index (χ0) is 25.5. The van der Waals surface area contributed by atoms with Crippen LogP contribution >= 0.6 is 0 Å². The highest BCUT2D eigenvalue weighted by Gasteiger charge is 2.16. The molecule has 1 heterocycles.